The van der Waals surface area contributed by atoms with Crippen LogP contribution in [0.4, 0.5) is 0 Å². The minimum atomic E-state index is -3.34. The third kappa shape index (κ3) is 3.24. The van der Waals surface area contributed by atoms with E-state index in [1.165, 1.54) is 10.7 Å². The number of alkyl halides is 1. The summed E-state index contributed by atoms with van der Waals surface area (Å²) in [6, 6.07) is 0.463. The summed E-state index contributed by atoms with van der Waals surface area (Å²) in [4.78, 5) is 2.43. The van der Waals surface area contributed by atoms with E-state index in [2.05, 4.69) is 4.90 Å². The average Bonchev–Trinajstić information content (AvgIpc) is 2.81. The van der Waals surface area contributed by atoms with Crippen LogP contribution in [0.25, 0.3) is 0 Å². The van der Waals surface area contributed by atoms with E-state index < -0.39 is 10.2 Å². The Morgan fingerprint density at radius 1 is 1.37 bits per heavy atom. The second kappa shape index (κ2) is 6.26. The molecule has 0 radical (unpaired) electrons. The first-order valence-electron chi connectivity index (χ1n) is 7.00. The SMILES string of the molecule is CC1CN2CCCC2CN1S(=O)(=O)N(C)CCCCl. The first kappa shape index (κ1) is 15.5. The molecule has 0 bridgehead atoms. The van der Waals surface area contributed by atoms with Gasteiger partial charge < -0.3 is 0 Å². The summed E-state index contributed by atoms with van der Waals surface area (Å²) >= 11 is 5.64. The van der Waals surface area contributed by atoms with Gasteiger partial charge in [-0.05, 0) is 32.7 Å². The van der Waals surface area contributed by atoms with Crippen molar-refractivity contribution in [1.29, 1.82) is 0 Å². The number of halogens is 1. The molecule has 0 saturated carbocycles. The van der Waals surface area contributed by atoms with Crippen LogP contribution in [-0.2, 0) is 10.2 Å². The lowest BCUT2D eigenvalue weighted by molar-refractivity contribution is 0.112. The quantitative estimate of drug-likeness (QED) is 0.711. The van der Waals surface area contributed by atoms with Gasteiger partial charge in [-0.3, -0.25) is 4.90 Å². The zero-order valence-electron chi connectivity index (χ0n) is 11.8. The standard InChI is InChI=1S/C12H24ClN3O2S/c1-11-9-15-8-3-5-12(15)10-16(11)19(17,18)14(2)7-4-6-13/h11-12H,3-10H2,1-2H3. The van der Waals surface area contributed by atoms with Gasteiger partial charge in [-0.1, -0.05) is 0 Å². The van der Waals surface area contributed by atoms with Gasteiger partial charge >= 0.3 is 0 Å². The Morgan fingerprint density at radius 3 is 2.79 bits per heavy atom. The fourth-order valence-corrected chi connectivity index (χ4v) is 4.78. The number of hydrogen-bond acceptors (Lipinski definition) is 3. The summed E-state index contributed by atoms with van der Waals surface area (Å²) in [6.45, 7) is 5.10. The van der Waals surface area contributed by atoms with Crippen LogP contribution in [0.1, 0.15) is 26.2 Å². The highest BCUT2D eigenvalue weighted by molar-refractivity contribution is 7.86. The molecule has 2 rings (SSSR count). The van der Waals surface area contributed by atoms with Crippen molar-refractivity contribution < 1.29 is 8.42 Å². The lowest BCUT2D eigenvalue weighted by Crippen LogP contribution is -2.59. The van der Waals surface area contributed by atoms with Crippen molar-refractivity contribution in [3.8, 4) is 0 Å². The maximum Gasteiger partial charge on any atom is 0.282 e. The molecule has 0 spiro atoms. The van der Waals surface area contributed by atoms with Crippen LogP contribution in [-0.4, -0.2) is 73.1 Å². The van der Waals surface area contributed by atoms with Crippen molar-refractivity contribution in [3.63, 3.8) is 0 Å². The van der Waals surface area contributed by atoms with Crippen molar-refractivity contribution in [2.45, 2.75) is 38.3 Å². The number of rotatable bonds is 5. The van der Waals surface area contributed by atoms with E-state index in [0.717, 1.165) is 19.5 Å². The van der Waals surface area contributed by atoms with Gasteiger partial charge in [0.25, 0.3) is 10.2 Å². The minimum Gasteiger partial charge on any atom is -0.297 e. The fourth-order valence-electron chi connectivity index (χ4n) is 3.06. The first-order valence-corrected chi connectivity index (χ1v) is 8.93. The van der Waals surface area contributed by atoms with Crippen molar-refractivity contribution in [2.24, 2.45) is 0 Å². The summed E-state index contributed by atoms with van der Waals surface area (Å²) in [6.07, 6.45) is 2.99. The predicted octanol–water partition coefficient (Wildman–Crippen LogP) is 0.960. The van der Waals surface area contributed by atoms with E-state index in [9.17, 15) is 8.42 Å². The topological polar surface area (TPSA) is 43.9 Å². The maximum atomic E-state index is 12.6. The summed E-state index contributed by atoms with van der Waals surface area (Å²) < 4.78 is 28.3. The Morgan fingerprint density at radius 2 is 2.11 bits per heavy atom. The molecular formula is C12H24ClN3O2S. The van der Waals surface area contributed by atoms with E-state index in [1.807, 2.05) is 6.92 Å². The highest BCUT2D eigenvalue weighted by atomic mass is 35.5. The largest absolute Gasteiger partial charge is 0.297 e. The van der Waals surface area contributed by atoms with E-state index in [1.54, 1.807) is 11.4 Å². The van der Waals surface area contributed by atoms with E-state index in [0.29, 0.717) is 31.4 Å². The van der Waals surface area contributed by atoms with Crippen LogP contribution in [0.2, 0.25) is 0 Å². The van der Waals surface area contributed by atoms with Crippen LogP contribution < -0.4 is 0 Å². The molecular weight excluding hydrogens is 286 g/mol. The molecule has 5 nitrogen and oxygen atoms in total. The number of piperazine rings is 1. The second-order valence-electron chi connectivity index (χ2n) is 5.58. The molecule has 2 heterocycles. The zero-order chi connectivity index (χ0) is 14.0. The van der Waals surface area contributed by atoms with Gasteiger partial charge in [0.05, 0.1) is 0 Å². The lowest BCUT2D eigenvalue weighted by atomic mass is 10.1. The van der Waals surface area contributed by atoms with Crippen LogP contribution >= 0.6 is 11.6 Å². The third-order valence-corrected chi connectivity index (χ3v) is 6.52. The highest BCUT2D eigenvalue weighted by Gasteiger charge is 2.40. The number of nitrogens with zero attached hydrogens (tertiary/aromatic N) is 3. The van der Waals surface area contributed by atoms with E-state index >= 15 is 0 Å². The van der Waals surface area contributed by atoms with Gasteiger partial charge in [0.2, 0.25) is 0 Å². The van der Waals surface area contributed by atoms with Crippen LogP contribution in [0, 0.1) is 0 Å². The Labute approximate surface area is 121 Å². The number of fused-ring (bicyclic) bond motifs is 1. The smallest absolute Gasteiger partial charge is 0.282 e. The molecule has 2 unspecified atom stereocenters. The summed E-state index contributed by atoms with van der Waals surface area (Å²) in [5.41, 5.74) is 0. The van der Waals surface area contributed by atoms with Gasteiger partial charge in [0.1, 0.15) is 0 Å². The molecule has 0 aromatic carbocycles. The van der Waals surface area contributed by atoms with E-state index in [4.69, 9.17) is 11.6 Å². The molecule has 19 heavy (non-hydrogen) atoms. The monoisotopic (exact) mass is 309 g/mol. The molecule has 2 atom stereocenters. The summed E-state index contributed by atoms with van der Waals surface area (Å²) in [7, 11) is -1.69. The fraction of sp³-hybridized carbons (Fsp3) is 1.00. The molecule has 112 valence electrons. The molecule has 2 fully saturated rings. The van der Waals surface area contributed by atoms with E-state index in [-0.39, 0.29) is 6.04 Å². The Bertz CT molecular complexity index is 404. The van der Waals surface area contributed by atoms with Gasteiger partial charge in [0.15, 0.2) is 0 Å². The third-order valence-electron chi connectivity index (χ3n) is 4.18. The maximum absolute atomic E-state index is 12.6. The molecule has 2 aliphatic heterocycles. The van der Waals surface area contributed by atoms with Crippen molar-refractivity contribution in [1.82, 2.24) is 13.5 Å². The zero-order valence-corrected chi connectivity index (χ0v) is 13.3. The van der Waals surface area contributed by atoms with Crippen LogP contribution in [0.15, 0.2) is 0 Å². The van der Waals surface area contributed by atoms with Crippen molar-refractivity contribution >= 4 is 21.8 Å². The lowest BCUT2D eigenvalue weighted by Gasteiger charge is -2.42. The first-order chi connectivity index (χ1) is 8.96. The van der Waals surface area contributed by atoms with Crippen molar-refractivity contribution in [3.05, 3.63) is 0 Å². The summed E-state index contributed by atoms with van der Waals surface area (Å²) in [5, 5.41) is 0. The van der Waals surface area contributed by atoms with Crippen LogP contribution in [0.5, 0.6) is 0 Å². The molecule has 0 aromatic rings. The van der Waals surface area contributed by atoms with Gasteiger partial charge in [-0.2, -0.15) is 17.0 Å². The molecule has 0 aromatic heterocycles. The van der Waals surface area contributed by atoms with Crippen molar-refractivity contribution in [2.75, 3.05) is 39.1 Å². The molecule has 0 N–H and O–H groups in total. The average molecular weight is 310 g/mol. The van der Waals surface area contributed by atoms with Gasteiger partial charge in [0, 0.05) is 44.6 Å². The normalized spacial score (nSPS) is 29.9. The van der Waals surface area contributed by atoms with Crippen LogP contribution in [0.3, 0.4) is 0 Å². The molecule has 0 amide bonds. The highest BCUT2D eigenvalue weighted by Crippen LogP contribution is 2.27. The van der Waals surface area contributed by atoms with Gasteiger partial charge in [-0.25, -0.2) is 0 Å². The molecule has 2 aliphatic rings. The predicted molar refractivity (Wildman–Crippen MR) is 77.6 cm³/mol. The molecule has 0 aliphatic carbocycles. The second-order valence-corrected chi connectivity index (χ2v) is 7.95. The Kier molecular flexibility index (Phi) is 5.11. The minimum absolute atomic E-state index is 0.0535. The number of hydrogen-bond donors (Lipinski definition) is 0. The molecule has 2 saturated heterocycles. The summed E-state index contributed by atoms with van der Waals surface area (Å²) in [5.74, 6) is 0.492. The molecule has 7 heteroatoms. The Balaban J connectivity index is 2.06. The Hall–Kier alpha value is 0.120. The van der Waals surface area contributed by atoms with Gasteiger partial charge in [-0.15, -0.1) is 11.6 Å².